The normalized spacial score (nSPS) is 10.9. The Balaban J connectivity index is 1.57. The van der Waals surface area contributed by atoms with Crippen LogP contribution in [0, 0.1) is 0 Å². The van der Waals surface area contributed by atoms with Crippen LogP contribution in [0.25, 0.3) is 16.3 Å². The van der Waals surface area contributed by atoms with Crippen LogP contribution < -0.4 is 14.9 Å². The van der Waals surface area contributed by atoms with Crippen molar-refractivity contribution in [3.05, 3.63) is 83.4 Å². The number of rotatable bonds is 7. The molecule has 0 saturated carbocycles. The summed E-state index contributed by atoms with van der Waals surface area (Å²) in [5.74, 6) is 0.671. The highest BCUT2D eigenvalue weighted by atomic mass is 32.1. The van der Waals surface area contributed by atoms with Gasteiger partial charge >= 0.3 is 0 Å². The SMILES string of the molecule is COc1ccc(C(=O)N/N=C\c2cn(-c3ccccc3)nc2-c2cccs2)cc1OC. The van der Waals surface area contributed by atoms with Gasteiger partial charge in [-0.25, -0.2) is 10.1 Å². The average Bonchev–Trinajstić information content (AvgIpc) is 3.49. The molecule has 0 aliphatic rings. The second kappa shape index (κ2) is 9.27. The number of carbonyl (C=O) groups excluding carboxylic acids is 1. The highest BCUT2D eigenvalue weighted by Crippen LogP contribution is 2.28. The fourth-order valence-electron chi connectivity index (χ4n) is 3.00. The molecule has 0 unspecified atom stereocenters. The van der Waals surface area contributed by atoms with E-state index >= 15 is 0 Å². The molecule has 1 N–H and O–H groups in total. The van der Waals surface area contributed by atoms with Crippen molar-refractivity contribution in [1.82, 2.24) is 15.2 Å². The van der Waals surface area contributed by atoms with E-state index in [0.29, 0.717) is 17.1 Å². The van der Waals surface area contributed by atoms with Crippen LogP contribution in [0.15, 0.2) is 77.3 Å². The number of ether oxygens (including phenoxy) is 2. The number of hydrazone groups is 1. The molecule has 0 bridgehead atoms. The topological polar surface area (TPSA) is 77.7 Å². The van der Waals surface area contributed by atoms with Crippen molar-refractivity contribution in [3.63, 3.8) is 0 Å². The Morgan fingerprint density at radius 3 is 2.58 bits per heavy atom. The maximum Gasteiger partial charge on any atom is 0.271 e. The molecule has 2 aromatic carbocycles. The van der Waals surface area contributed by atoms with E-state index in [2.05, 4.69) is 10.5 Å². The highest BCUT2D eigenvalue weighted by Gasteiger charge is 2.13. The average molecular weight is 433 g/mol. The standard InChI is InChI=1S/C23H20N4O3S/c1-29-19-11-10-16(13-20(19)30-2)23(28)25-24-14-17-15-27(18-7-4-3-5-8-18)26-22(17)21-9-6-12-31-21/h3-15H,1-2H3,(H,25,28)/b24-14-. The van der Waals surface area contributed by atoms with E-state index in [1.54, 1.807) is 47.5 Å². The lowest BCUT2D eigenvalue weighted by Crippen LogP contribution is -2.17. The van der Waals surface area contributed by atoms with Crippen LogP contribution in [0.2, 0.25) is 0 Å². The quantitative estimate of drug-likeness (QED) is 0.347. The first-order chi connectivity index (χ1) is 15.2. The molecule has 2 aromatic heterocycles. The minimum atomic E-state index is -0.356. The first kappa shape index (κ1) is 20.4. The Morgan fingerprint density at radius 2 is 1.87 bits per heavy atom. The predicted octanol–water partition coefficient (Wildman–Crippen LogP) is 4.38. The number of carbonyl (C=O) groups is 1. The summed E-state index contributed by atoms with van der Waals surface area (Å²) >= 11 is 1.59. The Labute approximate surface area is 183 Å². The smallest absolute Gasteiger partial charge is 0.271 e. The molecule has 31 heavy (non-hydrogen) atoms. The third-order valence-corrected chi connectivity index (χ3v) is 5.41. The molecule has 0 aliphatic carbocycles. The van der Waals surface area contributed by atoms with Crippen LogP contribution in [0.4, 0.5) is 0 Å². The summed E-state index contributed by atoms with van der Waals surface area (Å²) in [6, 6.07) is 18.7. The Kier molecular flexibility index (Phi) is 6.09. The fourth-order valence-corrected chi connectivity index (χ4v) is 3.73. The summed E-state index contributed by atoms with van der Waals surface area (Å²) in [6.45, 7) is 0. The largest absolute Gasteiger partial charge is 0.493 e. The number of nitrogens with zero attached hydrogens (tertiary/aromatic N) is 3. The number of methoxy groups -OCH3 is 2. The molecule has 1 amide bonds. The molecule has 2 heterocycles. The van der Waals surface area contributed by atoms with Crippen molar-refractivity contribution in [2.75, 3.05) is 14.2 Å². The van der Waals surface area contributed by atoms with Gasteiger partial charge in [-0.05, 0) is 41.8 Å². The van der Waals surface area contributed by atoms with Gasteiger partial charge in [0.05, 0.1) is 31.0 Å². The van der Waals surface area contributed by atoms with Crippen LogP contribution in [0.1, 0.15) is 15.9 Å². The zero-order chi connectivity index (χ0) is 21.6. The van der Waals surface area contributed by atoms with Crippen molar-refractivity contribution >= 4 is 23.5 Å². The van der Waals surface area contributed by atoms with Crippen LogP contribution in [0.3, 0.4) is 0 Å². The number of hydrogen-bond acceptors (Lipinski definition) is 6. The molecule has 4 rings (SSSR count). The number of aromatic nitrogens is 2. The summed E-state index contributed by atoms with van der Waals surface area (Å²) in [7, 11) is 3.07. The monoisotopic (exact) mass is 432 g/mol. The maximum atomic E-state index is 12.5. The molecule has 0 atom stereocenters. The van der Waals surface area contributed by atoms with Crippen LogP contribution in [-0.4, -0.2) is 36.1 Å². The molecule has 0 saturated heterocycles. The third kappa shape index (κ3) is 4.49. The minimum Gasteiger partial charge on any atom is -0.493 e. The van der Waals surface area contributed by atoms with Gasteiger partial charge in [-0.3, -0.25) is 4.79 Å². The van der Waals surface area contributed by atoms with E-state index in [1.807, 2.05) is 54.0 Å². The molecule has 7 nitrogen and oxygen atoms in total. The second-order valence-corrected chi connectivity index (χ2v) is 7.41. The Hall–Kier alpha value is -3.91. The Morgan fingerprint density at radius 1 is 1.06 bits per heavy atom. The van der Waals surface area contributed by atoms with Crippen LogP contribution >= 0.6 is 11.3 Å². The molecule has 156 valence electrons. The number of nitrogens with one attached hydrogen (secondary N) is 1. The molecule has 0 spiro atoms. The lowest BCUT2D eigenvalue weighted by molar-refractivity contribution is 0.0954. The van der Waals surface area contributed by atoms with Gasteiger partial charge in [0.25, 0.3) is 5.91 Å². The number of amides is 1. The number of thiophene rings is 1. The summed E-state index contributed by atoms with van der Waals surface area (Å²) in [4.78, 5) is 13.5. The van der Waals surface area contributed by atoms with E-state index in [-0.39, 0.29) is 5.91 Å². The van der Waals surface area contributed by atoms with Gasteiger partial charge in [0.1, 0.15) is 5.69 Å². The first-order valence-corrected chi connectivity index (χ1v) is 10.3. The lowest BCUT2D eigenvalue weighted by Gasteiger charge is -2.08. The molecular weight excluding hydrogens is 412 g/mol. The predicted molar refractivity (Wildman–Crippen MR) is 121 cm³/mol. The molecule has 0 fully saturated rings. The van der Waals surface area contributed by atoms with Gasteiger partial charge in [-0.2, -0.15) is 10.2 Å². The zero-order valence-electron chi connectivity index (χ0n) is 17.0. The van der Waals surface area contributed by atoms with E-state index < -0.39 is 0 Å². The number of hydrogen-bond donors (Lipinski definition) is 1. The molecule has 0 radical (unpaired) electrons. The first-order valence-electron chi connectivity index (χ1n) is 9.44. The summed E-state index contributed by atoms with van der Waals surface area (Å²) in [5.41, 5.74) is 5.49. The van der Waals surface area contributed by atoms with Gasteiger partial charge in [0.15, 0.2) is 11.5 Å². The van der Waals surface area contributed by atoms with E-state index in [0.717, 1.165) is 21.8 Å². The molecule has 8 heteroatoms. The summed E-state index contributed by atoms with van der Waals surface area (Å²) in [5, 5.41) is 10.9. The van der Waals surface area contributed by atoms with Gasteiger partial charge in [-0.15, -0.1) is 11.3 Å². The van der Waals surface area contributed by atoms with E-state index in [4.69, 9.17) is 14.6 Å². The molecule has 0 aliphatic heterocycles. The van der Waals surface area contributed by atoms with Gasteiger partial charge < -0.3 is 9.47 Å². The Bertz CT molecular complexity index is 1200. The van der Waals surface area contributed by atoms with E-state index in [9.17, 15) is 4.79 Å². The number of benzene rings is 2. The van der Waals surface area contributed by atoms with Gasteiger partial charge in [-0.1, -0.05) is 24.3 Å². The summed E-state index contributed by atoms with van der Waals surface area (Å²) < 4.78 is 12.3. The minimum absolute atomic E-state index is 0.356. The van der Waals surface area contributed by atoms with Crippen molar-refractivity contribution in [1.29, 1.82) is 0 Å². The van der Waals surface area contributed by atoms with Crippen molar-refractivity contribution in [3.8, 4) is 27.8 Å². The maximum absolute atomic E-state index is 12.5. The zero-order valence-corrected chi connectivity index (χ0v) is 17.8. The van der Waals surface area contributed by atoms with Gasteiger partial charge in [0, 0.05) is 17.3 Å². The lowest BCUT2D eigenvalue weighted by atomic mass is 10.2. The third-order valence-electron chi connectivity index (χ3n) is 4.53. The highest BCUT2D eigenvalue weighted by molar-refractivity contribution is 7.13. The molecule has 4 aromatic rings. The van der Waals surface area contributed by atoms with E-state index in [1.165, 1.54) is 7.11 Å². The van der Waals surface area contributed by atoms with Crippen molar-refractivity contribution < 1.29 is 14.3 Å². The van der Waals surface area contributed by atoms with Crippen molar-refractivity contribution in [2.45, 2.75) is 0 Å². The van der Waals surface area contributed by atoms with Crippen LogP contribution in [0.5, 0.6) is 11.5 Å². The fraction of sp³-hybridized carbons (Fsp3) is 0.0870. The van der Waals surface area contributed by atoms with Crippen molar-refractivity contribution in [2.24, 2.45) is 5.10 Å². The van der Waals surface area contributed by atoms with Gasteiger partial charge in [0.2, 0.25) is 0 Å². The van der Waals surface area contributed by atoms with Crippen LogP contribution in [-0.2, 0) is 0 Å². The molecular formula is C23H20N4O3S. The summed E-state index contributed by atoms with van der Waals surface area (Å²) in [6.07, 6.45) is 3.48. The number of para-hydroxylation sites is 1. The second-order valence-electron chi connectivity index (χ2n) is 6.46.